The van der Waals surface area contributed by atoms with Crippen molar-refractivity contribution in [2.75, 3.05) is 6.61 Å². The number of aliphatic carboxylic acids is 1. The third kappa shape index (κ3) is 3.99. The van der Waals surface area contributed by atoms with Crippen LogP contribution in [0.5, 0.6) is 5.75 Å². The molecule has 0 radical (unpaired) electrons. The molecule has 8 nitrogen and oxygen atoms in total. The number of alkyl halides is 3. The maximum atomic E-state index is 13.1. The van der Waals surface area contributed by atoms with Gasteiger partial charge < -0.3 is 15.6 Å². The van der Waals surface area contributed by atoms with E-state index in [1.165, 1.54) is 0 Å². The van der Waals surface area contributed by atoms with Crippen molar-refractivity contribution in [1.29, 1.82) is 5.26 Å². The monoisotopic (exact) mass is 494 g/mol. The van der Waals surface area contributed by atoms with Gasteiger partial charge in [0.15, 0.2) is 16.4 Å². The van der Waals surface area contributed by atoms with Crippen LogP contribution in [-0.2, 0) is 19.4 Å². The molecule has 3 rings (SSSR count). The van der Waals surface area contributed by atoms with E-state index in [9.17, 15) is 41.5 Å². The van der Waals surface area contributed by atoms with Crippen molar-refractivity contribution < 1.29 is 41.0 Å². The average Bonchev–Trinajstić information content (AvgIpc) is 3.27. The van der Waals surface area contributed by atoms with Crippen LogP contribution >= 0.6 is 11.6 Å². The number of halogens is 4. The molecule has 1 aromatic rings. The lowest BCUT2D eigenvalue weighted by molar-refractivity contribution is -0.153. The van der Waals surface area contributed by atoms with Crippen molar-refractivity contribution in [2.24, 2.45) is 22.5 Å². The van der Waals surface area contributed by atoms with Gasteiger partial charge in [-0.3, -0.25) is 9.59 Å². The molecule has 2 aliphatic carbocycles. The Morgan fingerprint density at radius 1 is 1.34 bits per heavy atom. The van der Waals surface area contributed by atoms with E-state index in [0.717, 1.165) is 18.2 Å². The molecule has 174 valence electrons. The van der Waals surface area contributed by atoms with Crippen LogP contribution in [0.3, 0.4) is 0 Å². The van der Waals surface area contributed by atoms with Gasteiger partial charge in [-0.1, -0.05) is 11.6 Å². The third-order valence-corrected chi connectivity index (χ3v) is 8.92. The van der Waals surface area contributed by atoms with E-state index in [1.807, 2.05) is 0 Å². The lowest BCUT2D eigenvalue weighted by Gasteiger charge is -2.26. The summed E-state index contributed by atoms with van der Waals surface area (Å²) < 4.78 is 67.8. The molecule has 32 heavy (non-hydrogen) atoms. The number of carbonyl (C=O) groups excluding carboxylic acids is 1. The van der Waals surface area contributed by atoms with E-state index in [1.54, 1.807) is 6.07 Å². The molecular weight excluding hydrogens is 477 g/mol. The Bertz CT molecular complexity index is 1120. The summed E-state index contributed by atoms with van der Waals surface area (Å²) in [5.74, 6) is -3.46. The summed E-state index contributed by atoms with van der Waals surface area (Å²) >= 11 is 6.00. The van der Waals surface area contributed by atoms with Gasteiger partial charge in [0.2, 0.25) is 5.91 Å². The van der Waals surface area contributed by atoms with Crippen LogP contribution in [0.2, 0.25) is 5.02 Å². The second-order valence-corrected chi connectivity index (χ2v) is 10.7. The highest BCUT2D eigenvalue weighted by molar-refractivity contribution is 7.92. The fourth-order valence-electron chi connectivity index (χ4n) is 4.48. The Morgan fingerprint density at radius 2 is 2.00 bits per heavy atom. The summed E-state index contributed by atoms with van der Waals surface area (Å²) in [6.07, 6.45) is -5.15. The average molecular weight is 495 g/mol. The zero-order valence-electron chi connectivity index (χ0n) is 16.4. The number of carboxylic acids is 1. The lowest BCUT2D eigenvalue weighted by atomic mass is 9.77. The molecule has 0 bridgehead atoms. The SMILES string of the molecule is N#CC1(C(N)=O)CC1[C@@]1(C(=O)O)CC[C@H](S(=O)(=O)c2ccc(OCC(F)(F)F)cc2Cl)C1. The zero-order valence-corrected chi connectivity index (χ0v) is 17.9. The number of carboxylic acid groups (broad SMARTS) is 1. The number of benzene rings is 1. The smallest absolute Gasteiger partial charge is 0.422 e. The number of nitrogens with zero attached hydrogens (tertiary/aromatic N) is 1. The minimum Gasteiger partial charge on any atom is -0.484 e. The number of hydrogen-bond acceptors (Lipinski definition) is 6. The van der Waals surface area contributed by atoms with Gasteiger partial charge in [0.1, 0.15) is 11.2 Å². The fourth-order valence-corrected chi connectivity index (χ4v) is 6.87. The Labute approximate surface area is 186 Å². The molecular formula is C19H18ClF3N2O6S. The highest BCUT2D eigenvalue weighted by atomic mass is 35.5. The normalized spacial score (nSPS) is 29.8. The standard InChI is InChI=1S/C19H18ClF3N2O6S/c20-12-5-10(31-9-19(21,22)23)1-2-13(12)32(29,30)11-3-4-17(6-11,16(27)28)14-7-18(14,8-24)15(25)26/h1-2,5,11,14H,3-4,6-7,9H2,(H2,25,26)(H,27,28)/t11-,14?,17+,18?/m0/s1. The van der Waals surface area contributed by atoms with E-state index in [4.69, 9.17) is 17.3 Å². The maximum Gasteiger partial charge on any atom is 0.422 e. The number of nitrogens with two attached hydrogens (primary N) is 1. The number of nitriles is 1. The molecule has 2 unspecified atom stereocenters. The van der Waals surface area contributed by atoms with Crippen molar-refractivity contribution >= 4 is 33.3 Å². The number of carbonyl (C=O) groups is 2. The van der Waals surface area contributed by atoms with E-state index >= 15 is 0 Å². The van der Waals surface area contributed by atoms with E-state index in [2.05, 4.69) is 4.74 Å². The Morgan fingerprint density at radius 3 is 2.47 bits per heavy atom. The maximum absolute atomic E-state index is 13.1. The van der Waals surface area contributed by atoms with Crippen LogP contribution in [0.4, 0.5) is 13.2 Å². The van der Waals surface area contributed by atoms with Crippen molar-refractivity contribution in [3.05, 3.63) is 23.2 Å². The first kappa shape index (κ1) is 24.1. The van der Waals surface area contributed by atoms with Crippen molar-refractivity contribution in [3.8, 4) is 11.8 Å². The predicted molar refractivity (Wildman–Crippen MR) is 103 cm³/mol. The molecule has 13 heteroatoms. The van der Waals surface area contributed by atoms with E-state index in [-0.39, 0.29) is 41.4 Å². The van der Waals surface area contributed by atoms with Gasteiger partial charge in [-0.2, -0.15) is 18.4 Å². The lowest BCUT2D eigenvalue weighted by Crippen LogP contribution is -2.37. The summed E-state index contributed by atoms with van der Waals surface area (Å²) in [5.41, 5.74) is 2.02. The molecule has 0 spiro atoms. The van der Waals surface area contributed by atoms with Gasteiger partial charge in [-0.25, -0.2) is 8.42 Å². The second-order valence-electron chi connectivity index (χ2n) is 8.07. The zero-order chi connectivity index (χ0) is 24.1. The Hall–Kier alpha value is -2.52. The third-order valence-electron chi connectivity index (χ3n) is 6.25. The van der Waals surface area contributed by atoms with Crippen LogP contribution in [0, 0.1) is 28.1 Å². The second kappa shape index (κ2) is 7.81. The molecule has 1 aromatic carbocycles. The van der Waals surface area contributed by atoms with E-state index in [0.29, 0.717) is 0 Å². The van der Waals surface area contributed by atoms with Gasteiger partial charge in [0.05, 0.1) is 26.7 Å². The molecule has 2 saturated carbocycles. The minimum absolute atomic E-state index is 0.0615. The van der Waals surface area contributed by atoms with Gasteiger partial charge in [-0.15, -0.1) is 0 Å². The largest absolute Gasteiger partial charge is 0.484 e. The molecule has 0 heterocycles. The molecule has 0 aromatic heterocycles. The van der Waals surface area contributed by atoms with E-state index < -0.39 is 56.5 Å². The highest BCUT2D eigenvalue weighted by Crippen LogP contribution is 2.66. The van der Waals surface area contributed by atoms with Crippen molar-refractivity contribution in [2.45, 2.75) is 42.0 Å². The number of amides is 1. The summed E-state index contributed by atoms with van der Waals surface area (Å²) in [6.45, 7) is -1.58. The molecule has 0 saturated heterocycles. The van der Waals surface area contributed by atoms with Crippen molar-refractivity contribution in [3.63, 3.8) is 0 Å². The van der Waals surface area contributed by atoms with Gasteiger partial charge in [0, 0.05) is 12.0 Å². The molecule has 3 N–H and O–H groups in total. The van der Waals surface area contributed by atoms with Gasteiger partial charge >= 0.3 is 12.1 Å². The summed E-state index contributed by atoms with van der Waals surface area (Å²) in [4.78, 5) is 23.5. The number of rotatable bonds is 7. The number of hydrogen-bond donors (Lipinski definition) is 2. The van der Waals surface area contributed by atoms with Gasteiger partial charge in [0.25, 0.3) is 0 Å². The fraction of sp³-hybridized carbons (Fsp3) is 0.526. The molecule has 2 aliphatic rings. The Balaban J connectivity index is 1.85. The summed E-state index contributed by atoms with van der Waals surface area (Å²) in [5, 5.41) is 17.7. The number of ether oxygens (including phenoxy) is 1. The first-order valence-electron chi connectivity index (χ1n) is 9.37. The number of primary amides is 1. The summed E-state index contributed by atoms with van der Waals surface area (Å²) in [6, 6.07) is 4.75. The first-order valence-corrected chi connectivity index (χ1v) is 11.3. The minimum atomic E-state index is -4.59. The molecule has 2 fully saturated rings. The van der Waals surface area contributed by atoms with Crippen LogP contribution in [0.25, 0.3) is 0 Å². The first-order chi connectivity index (χ1) is 14.7. The molecule has 0 aliphatic heterocycles. The quantitative estimate of drug-likeness (QED) is 0.592. The summed E-state index contributed by atoms with van der Waals surface area (Å²) in [7, 11) is -4.18. The van der Waals surface area contributed by atoms with Crippen LogP contribution < -0.4 is 10.5 Å². The van der Waals surface area contributed by atoms with Crippen molar-refractivity contribution in [1.82, 2.24) is 0 Å². The highest BCUT2D eigenvalue weighted by Gasteiger charge is 2.72. The van der Waals surface area contributed by atoms with Crippen LogP contribution in [0.15, 0.2) is 23.1 Å². The topological polar surface area (TPSA) is 148 Å². The Kier molecular flexibility index (Phi) is 5.89. The molecule has 1 amide bonds. The van der Waals surface area contributed by atoms with Crippen LogP contribution in [-0.4, -0.2) is 43.4 Å². The number of sulfone groups is 1. The predicted octanol–water partition coefficient (Wildman–Crippen LogP) is 2.69. The van der Waals surface area contributed by atoms with Gasteiger partial charge in [-0.05, 0) is 37.8 Å². The van der Waals surface area contributed by atoms with Crippen LogP contribution in [0.1, 0.15) is 25.7 Å². The molecule has 4 atom stereocenters.